The highest BCUT2D eigenvalue weighted by Gasteiger charge is 2.75. The zero-order valence-electron chi connectivity index (χ0n) is 18.0. The van der Waals surface area contributed by atoms with Crippen molar-refractivity contribution in [2.24, 2.45) is 5.92 Å². The first kappa shape index (κ1) is 18.6. The highest BCUT2D eigenvalue weighted by atomic mass is 14.8. The quantitative estimate of drug-likeness (QED) is 0.383. The van der Waals surface area contributed by atoms with Gasteiger partial charge in [0.25, 0.3) is 0 Å². The third-order valence-corrected chi connectivity index (χ3v) is 8.54. The van der Waals surface area contributed by atoms with Gasteiger partial charge in [-0.1, -0.05) is 91.0 Å². The molecule has 0 unspecified atom stereocenters. The third kappa shape index (κ3) is 1.81. The average molecular weight is 401 g/mol. The molecule has 0 amide bonds. The minimum Gasteiger partial charge on any atom is -0.103 e. The molecule has 0 aliphatic heterocycles. The molecule has 0 bridgehead atoms. The Morgan fingerprint density at radius 3 is 0.903 bits per heavy atom. The molecule has 0 radical (unpaired) electrons. The summed E-state index contributed by atoms with van der Waals surface area (Å²) in [6.07, 6.45) is 9.26. The maximum Gasteiger partial charge on any atom is 0.0295 e. The van der Waals surface area contributed by atoms with E-state index in [0.29, 0.717) is 5.92 Å². The molecule has 0 atom stereocenters. The SMILES string of the molecule is C=CCC12c3ccccc3C3(CC=C)c4ccccc4C(CC=C)(c4ccccc41)C23. The summed E-state index contributed by atoms with van der Waals surface area (Å²) in [6.45, 7) is 12.7. The molecule has 6 rings (SSSR count). The van der Waals surface area contributed by atoms with Crippen molar-refractivity contribution in [3.63, 3.8) is 0 Å². The molecular formula is C31H28. The first-order chi connectivity index (χ1) is 15.2. The lowest BCUT2D eigenvalue weighted by molar-refractivity contribution is 0.210. The lowest BCUT2D eigenvalue weighted by Gasteiger charge is -2.42. The Bertz CT molecular complexity index is 1020. The summed E-state index contributed by atoms with van der Waals surface area (Å²) in [6, 6.07) is 27.6. The van der Waals surface area contributed by atoms with Gasteiger partial charge in [0.2, 0.25) is 0 Å². The van der Waals surface area contributed by atoms with Crippen molar-refractivity contribution in [2.45, 2.75) is 35.5 Å². The Hall–Kier alpha value is -3.12. The maximum absolute atomic E-state index is 4.24. The number of rotatable bonds is 6. The summed E-state index contributed by atoms with van der Waals surface area (Å²) in [7, 11) is 0. The topological polar surface area (TPSA) is 0 Å². The minimum absolute atomic E-state index is 0.0834. The Balaban J connectivity index is 1.89. The second-order valence-electron chi connectivity index (χ2n) is 9.46. The van der Waals surface area contributed by atoms with E-state index in [2.05, 4.69) is 111 Å². The number of allylic oxidation sites excluding steroid dienone is 3. The van der Waals surface area contributed by atoms with Crippen LogP contribution in [0.15, 0.2) is 111 Å². The van der Waals surface area contributed by atoms with Gasteiger partial charge >= 0.3 is 0 Å². The molecule has 0 saturated carbocycles. The molecular weight excluding hydrogens is 372 g/mol. The van der Waals surface area contributed by atoms with Crippen molar-refractivity contribution in [3.05, 3.63) is 144 Å². The number of hydrogen-bond acceptors (Lipinski definition) is 0. The molecule has 152 valence electrons. The molecule has 0 N–H and O–H groups in total. The van der Waals surface area contributed by atoms with Crippen molar-refractivity contribution >= 4 is 0 Å². The molecule has 3 aliphatic rings. The predicted molar refractivity (Wildman–Crippen MR) is 130 cm³/mol. The van der Waals surface area contributed by atoms with Crippen LogP contribution in [0.1, 0.15) is 52.6 Å². The lowest BCUT2D eigenvalue weighted by atomic mass is 9.59. The van der Waals surface area contributed by atoms with E-state index in [4.69, 9.17) is 0 Å². The molecule has 0 fully saturated rings. The van der Waals surface area contributed by atoms with Crippen LogP contribution in [-0.4, -0.2) is 0 Å². The third-order valence-electron chi connectivity index (χ3n) is 8.54. The van der Waals surface area contributed by atoms with Gasteiger partial charge in [-0.3, -0.25) is 0 Å². The van der Waals surface area contributed by atoms with Crippen molar-refractivity contribution in [3.8, 4) is 0 Å². The smallest absolute Gasteiger partial charge is 0.0295 e. The van der Waals surface area contributed by atoms with Gasteiger partial charge in [-0.2, -0.15) is 0 Å². The van der Waals surface area contributed by atoms with Gasteiger partial charge in [-0.25, -0.2) is 0 Å². The molecule has 0 heteroatoms. The largest absolute Gasteiger partial charge is 0.103 e. The highest BCUT2D eigenvalue weighted by molar-refractivity contribution is 5.75. The van der Waals surface area contributed by atoms with E-state index in [1.807, 2.05) is 0 Å². The molecule has 0 heterocycles. The Morgan fingerprint density at radius 1 is 0.484 bits per heavy atom. The first-order valence-corrected chi connectivity index (χ1v) is 11.4. The summed E-state index contributed by atoms with van der Waals surface area (Å²) in [5.74, 6) is 0.383. The molecule has 0 aromatic heterocycles. The van der Waals surface area contributed by atoms with Crippen LogP contribution in [0.4, 0.5) is 0 Å². The molecule has 31 heavy (non-hydrogen) atoms. The van der Waals surface area contributed by atoms with Crippen molar-refractivity contribution in [1.82, 2.24) is 0 Å². The fourth-order valence-electron chi connectivity index (χ4n) is 8.11. The van der Waals surface area contributed by atoms with Gasteiger partial charge < -0.3 is 0 Å². The van der Waals surface area contributed by atoms with Crippen LogP contribution in [0.25, 0.3) is 0 Å². The maximum atomic E-state index is 4.24. The second kappa shape index (κ2) is 6.20. The lowest BCUT2D eigenvalue weighted by Crippen LogP contribution is -2.43. The van der Waals surface area contributed by atoms with Crippen LogP contribution in [0.5, 0.6) is 0 Å². The Kier molecular flexibility index (Phi) is 3.73. The van der Waals surface area contributed by atoms with Crippen molar-refractivity contribution in [1.29, 1.82) is 0 Å². The molecule has 3 aromatic carbocycles. The molecule has 3 aliphatic carbocycles. The fourth-order valence-corrected chi connectivity index (χ4v) is 8.11. The van der Waals surface area contributed by atoms with Crippen LogP contribution in [0.3, 0.4) is 0 Å². The van der Waals surface area contributed by atoms with E-state index in [1.165, 1.54) is 33.4 Å². The van der Waals surface area contributed by atoms with E-state index in [-0.39, 0.29) is 16.2 Å². The first-order valence-electron chi connectivity index (χ1n) is 11.4. The van der Waals surface area contributed by atoms with Gasteiger partial charge in [0.1, 0.15) is 0 Å². The van der Waals surface area contributed by atoms with Gasteiger partial charge in [-0.15, -0.1) is 19.7 Å². The van der Waals surface area contributed by atoms with E-state index < -0.39 is 0 Å². The summed E-state index contributed by atoms with van der Waals surface area (Å²) < 4.78 is 0. The van der Waals surface area contributed by atoms with Crippen LogP contribution in [0, 0.1) is 5.92 Å². The van der Waals surface area contributed by atoms with Crippen molar-refractivity contribution < 1.29 is 0 Å². The highest BCUT2D eigenvalue weighted by Crippen LogP contribution is 2.78. The van der Waals surface area contributed by atoms with Crippen LogP contribution in [-0.2, 0) is 16.2 Å². The summed E-state index contributed by atoms with van der Waals surface area (Å²) in [5, 5.41) is 0. The molecule has 0 nitrogen and oxygen atoms in total. The molecule has 0 saturated heterocycles. The summed E-state index contributed by atoms with van der Waals surface area (Å²) >= 11 is 0. The van der Waals surface area contributed by atoms with Gasteiger partial charge in [0.15, 0.2) is 0 Å². The molecule has 3 aromatic rings. The van der Waals surface area contributed by atoms with E-state index in [0.717, 1.165) is 19.3 Å². The van der Waals surface area contributed by atoms with E-state index >= 15 is 0 Å². The number of hydrogen-bond donors (Lipinski definition) is 0. The summed E-state index contributed by atoms with van der Waals surface area (Å²) in [4.78, 5) is 0. The fraction of sp³-hybridized carbons (Fsp3) is 0.226. The normalized spacial score (nSPS) is 30.8. The summed E-state index contributed by atoms with van der Waals surface area (Å²) in [5.41, 5.74) is 8.64. The van der Waals surface area contributed by atoms with Gasteiger partial charge in [0, 0.05) is 22.2 Å². The Labute approximate surface area is 185 Å². The second-order valence-corrected chi connectivity index (χ2v) is 9.46. The van der Waals surface area contributed by atoms with E-state index in [1.54, 1.807) is 0 Å². The minimum atomic E-state index is -0.0834. The van der Waals surface area contributed by atoms with Crippen LogP contribution >= 0.6 is 0 Å². The van der Waals surface area contributed by atoms with Crippen LogP contribution in [0.2, 0.25) is 0 Å². The predicted octanol–water partition coefficient (Wildman–Crippen LogP) is 7.23. The van der Waals surface area contributed by atoms with Gasteiger partial charge in [-0.05, 0) is 52.6 Å². The molecule has 0 spiro atoms. The van der Waals surface area contributed by atoms with Crippen molar-refractivity contribution in [2.75, 3.05) is 0 Å². The zero-order chi connectivity index (χ0) is 21.3. The monoisotopic (exact) mass is 400 g/mol. The number of fused-ring (bicyclic) bond motifs is 9. The van der Waals surface area contributed by atoms with E-state index in [9.17, 15) is 0 Å². The average Bonchev–Trinajstić information content (AvgIpc) is 3.31. The van der Waals surface area contributed by atoms with Gasteiger partial charge in [0.05, 0.1) is 0 Å². The zero-order valence-corrected chi connectivity index (χ0v) is 18.0. The Morgan fingerprint density at radius 2 is 0.710 bits per heavy atom. The van der Waals surface area contributed by atoms with Crippen LogP contribution < -0.4 is 0 Å². The number of benzene rings is 3. The standard InChI is InChI=1S/C31H28/c1-4-19-29-22-13-7-9-15-24(22)30(20-5-2)26-17-11-12-18-27(26)31(21-6-3,28(29)30)25-16-10-8-14-23(25)29/h4-18,28H,1-3,19-21H2.